The standard InChI is InChI=1S/C16H20N2O3S2/c1-5-17-16(19)15-14(8-9-22-15)23(20,21)18(4)13-7-6-11(2)12(3)10-13/h6-10H,5H2,1-4H3,(H,17,19). The van der Waals surface area contributed by atoms with Crippen molar-refractivity contribution in [2.45, 2.75) is 25.7 Å². The predicted octanol–water partition coefficient (Wildman–Crippen LogP) is 2.94. The minimum absolute atomic E-state index is 0.0363. The zero-order valence-corrected chi connectivity index (χ0v) is 15.2. The van der Waals surface area contributed by atoms with Gasteiger partial charge in [-0.25, -0.2) is 8.42 Å². The van der Waals surface area contributed by atoms with Crippen LogP contribution in [0.1, 0.15) is 27.7 Å². The van der Waals surface area contributed by atoms with E-state index in [9.17, 15) is 13.2 Å². The first-order valence-corrected chi connectivity index (χ1v) is 9.53. The van der Waals surface area contributed by atoms with Crippen LogP contribution in [0, 0.1) is 13.8 Å². The first-order chi connectivity index (χ1) is 10.8. The number of anilines is 1. The summed E-state index contributed by atoms with van der Waals surface area (Å²) in [6.07, 6.45) is 0. The van der Waals surface area contributed by atoms with Gasteiger partial charge < -0.3 is 5.32 Å². The number of thiophene rings is 1. The molecule has 5 nitrogen and oxygen atoms in total. The van der Waals surface area contributed by atoms with Crippen LogP contribution in [0.3, 0.4) is 0 Å². The fraction of sp³-hybridized carbons (Fsp3) is 0.312. The van der Waals surface area contributed by atoms with Crippen LogP contribution in [0.4, 0.5) is 5.69 Å². The Labute approximate surface area is 141 Å². The van der Waals surface area contributed by atoms with Gasteiger partial charge >= 0.3 is 0 Å². The highest BCUT2D eigenvalue weighted by molar-refractivity contribution is 7.93. The highest BCUT2D eigenvalue weighted by Crippen LogP contribution is 2.28. The maximum atomic E-state index is 12.9. The van der Waals surface area contributed by atoms with Gasteiger partial charge in [-0.3, -0.25) is 9.10 Å². The van der Waals surface area contributed by atoms with E-state index < -0.39 is 10.0 Å². The average Bonchev–Trinajstić information content (AvgIpc) is 3.00. The number of rotatable bonds is 5. The van der Waals surface area contributed by atoms with Gasteiger partial charge in [0.1, 0.15) is 9.77 Å². The van der Waals surface area contributed by atoms with Crippen molar-refractivity contribution >= 4 is 33.0 Å². The number of hydrogen-bond acceptors (Lipinski definition) is 4. The van der Waals surface area contributed by atoms with E-state index in [1.165, 1.54) is 17.4 Å². The zero-order chi connectivity index (χ0) is 17.2. The first-order valence-electron chi connectivity index (χ1n) is 7.21. The lowest BCUT2D eigenvalue weighted by Gasteiger charge is -2.20. The molecule has 23 heavy (non-hydrogen) atoms. The number of amides is 1. The first kappa shape index (κ1) is 17.5. The quantitative estimate of drug-likeness (QED) is 0.900. The van der Waals surface area contributed by atoms with Crippen LogP contribution in [0.5, 0.6) is 0 Å². The number of carbonyl (C=O) groups is 1. The zero-order valence-electron chi connectivity index (χ0n) is 13.6. The van der Waals surface area contributed by atoms with E-state index in [0.717, 1.165) is 22.5 Å². The number of hydrogen-bond donors (Lipinski definition) is 1. The fourth-order valence-electron chi connectivity index (χ4n) is 2.11. The van der Waals surface area contributed by atoms with Gasteiger partial charge in [0.25, 0.3) is 15.9 Å². The molecule has 2 rings (SSSR count). The van der Waals surface area contributed by atoms with Crippen LogP contribution in [0.15, 0.2) is 34.5 Å². The van der Waals surface area contributed by atoms with Crippen molar-refractivity contribution in [2.75, 3.05) is 17.9 Å². The molecule has 2 aromatic rings. The van der Waals surface area contributed by atoms with Gasteiger partial charge in [0.05, 0.1) is 5.69 Å². The van der Waals surface area contributed by atoms with Crippen molar-refractivity contribution in [3.05, 3.63) is 45.6 Å². The largest absolute Gasteiger partial charge is 0.352 e. The minimum atomic E-state index is -3.79. The molecule has 7 heteroatoms. The van der Waals surface area contributed by atoms with E-state index in [-0.39, 0.29) is 15.7 Å². The van der Waals surface area contributed by atoms with E-state index in [1.54, 1.807) is 18.4 Å². The minimum Gasteiger partial charge on any atom is -0.352 e. The van der Waals surface area contributed by atoms with Crippen LogP contribution < -0.4 is 9.62 Å². The van der Waals surface area contributed by atoms with E-state index in [0.29, 0.717) is 12.2 Å². The van der Waals surface area contributed by atoms with Crippen LogP contribution in [-0.2, 0) is 10.0 Å². The van der Waals surface area contributed by atoms with E-state index in [1.807, 2.05) is 26.0 Å². The van der Waals surface area contributed by atoms with Gasteiger partial charge in [0.2, 0.25) is 0 Å². The molecule has 0 spiro atoms. The van der Waals surface area contributed by atoms with Gasteiger partial charge in [-0.2, -0.15) is 0 Å². The normalized spacial score (nSPS) is 11.3. The summed E-state index contributed by atoms with van der Waals surface area (Å²) < 4.78 is 27.0. The van der Waals surface area contributed by atoms with E-state index in [2.05, 4.69) is 5.32 Å². The summed E-state index contributed by atoms with van der Waals surface area (Å²) in [6.45, 7) is 6.15. The molecule has 0 saturated carbocycles. The second kappa shape index (κ2) is 6.72. The van der Waals surface area contributed by atoms with Gasteiger partial charge in [0.15, 0.2) is 0 Å². The number of aryl methyl sites for hydroxylation is 2. The summed E-state index contributed by atoms with van der Waals surface area (Å²) in [5.41, 5.74) is 2.68. The molecule has 0 fully saturated rings. The maximum absolute atomic E-state index is 12.9. The summed E-state index contributed by atoms with van der Waals surface area (Å²) >= 11 is 1.12. The second-order valence-corrected chi connectivity index (χ2v) is 8.07. The lowest BCUT2D eigenvalue weighted by Crippen LogP contribution is -2.29. The van der Waals surface area contributed by atoms with Gasteiger partial charge in [-0.1, -0.05) is 6.07 Å². The molecule has 0 radical (unpaired) electrons. The van der Waals surface area contributed by atoms with Crippen LogP contribution in [0.2, 0.25) is 0 Å². The summed E-state index contributed by atoms with van der Waals surface area (Å²) in [6, 6.07) is 6.94. The molecule has 1 heterocycles. The summed E-state index contributed by atoms with van der Waals surface area (Å²) in [5.74, 6) is -0.366. The summed E-state index contributed by atoms with van der Waals surface area (Å²) in [5, 5.41) is 4.26. The number of benzene rings is 1. The molecular formula is C16H20N2O3S2. The molecule has 0 atom stereocenters. The third-order valence-electron chi connectivity index (χ3n) is 3.67. The SMILES string of the molecule is CCNC(=O)c1sccc1S(=O)(=O)N(C)c1ccc(C)c(C)c1. The van der Waals surface area contributed by atoms with Crippen molar-refractivity contribution in [1.29, 1.82) is 0 Å². The molecule has 1 aromatic heterocycles. The molecule has 0 aliphatic carbocycles. The van der Waals surface area contributed by atoms with Crippen molar-refractivity contribution in [2.24, 2.45) is 0 Å². The van der Waals surface area contributed by atoms with Gasteiger partial charge in [-0.05, 0) is 55.5 Å². The second-order valence-electron chi connectivity index (χ2n) is 5.21. The number of sulfonamides is 1. The summed E-state index contributed by atoms with van der Waals surface area (Å²) in [7, 11) is -2.29. The van der Waals surface area contributed by atoms with Crippen LogP contribution in [0.25, 0.3) is 0 Å². The Bertz CT molecular complexity index is 826. The van der Waals surface area contributed by atoms with Crippen molar-refractivity contribution in [3.63, 3.8) is 0 Å². The third-order valence-corrected chi connectivity index (χ3v) is 6.54. The van der Waals surface area contributed by atoms with E-state index >= 15 is 0 Å². The molecule has 1 N–H and O–H groups in total. The van der Waals surface area contributed by atoms with E-state index in [4.69, 9.17) is 0 Å². The molecule has 0 aliphatic heterocycles. The average molecular weight is 352 g/mol. The molecule has 1 aromatic carbocycles. The molecule has 0 unspecified atom stereocenters. The maximum Gasteiger partial charge on any atom is 0.265 e. The molecule has 0 bridgehead atoms. The van der Waals surface area contributed by atoms with Gasteiger partial charge in [0, 0.05) is 13.6 Å². The molecule has 1 amide bonds. The Morgan fingerprint density at radius 1 is 1.22 bits per heavy atom. The Morgan fingerprint density at radius 2 is 1.91 bits per heavy atom. The lowest BCUT2D eigenvalue weighted by atomic mass is 10.1. The molecule has 124 valence electrons. The van der Waals surface area contributed by atoms with Crippen LogP contribution in [-0.4, -0.2) is 27.9 Å². The van der Waals surface area contributed by atoms with Crippen molar-refractivity contribution in [1.82, 2.24) is 5.32 Å². The molecule has 0 saturated heterocycles. The molecule has 0 aliphatic rings. The summed E-state index contributed by atoms with van der Waals surface area (Å²) in [4.78, 5) is 12.3. The number of nitrogens with one attached hydrogen (secondary N) is 1. The van der Waals surface area contributed by atoms with Gasteiger partial charge in [-0.15, -0.1) is 11.3 Å². The molecular weight excluding hydrogens is 332 g/mol. The highest BCUT2D eigenvalue weighted by atomic mass is 32.2. The van der Waals surface area contributed by atoms with Crippen molar-refractivity contribution < 1.29 is 13.2 Å². The fourth-order valence-corrected chi connectivity index (χ4v) is 4.62. The van der Waals surface area contributed by atoms with Crippen LogP contribution >= 0.6 is 11.3 Å². The monoisotopic (exact) mass is 352 g/mol. The smallest absolute Gasteiger partial charge is 0.265 e. The number of nitrogens with zero attached hydrogens (tertiary/aromatic N) is 1. The third kappa shape index (κ3) is 3.40. The van der Waals surface area contributed by atoms with Crippen molar-refractivity contribution in [3.8, 4) is 0 Å². The Kier molecular flexibility index (Phi) is 5.11. The number of carbonyl (C=O) groups excluding carboxylic acids is 1. The predicted molar refractivity (Wildman–Crippen MR) is 93.8 cm³/mol. The Balaban J connectivity index is 2.44. The Morgan fingerprint density at radius 3 is 2.52 bits per heavy atom. The topological polar surface area (TPSA) is 66.5 Å². The lowest BCUT2D eigenvalue weighted by molar-refractivity contribution is 0.0957. The Hall–Kier alpha value is -1.86. The highest BCUT2D eigenvalue weighted by Gasteiger charge is 2.28.